The molecule has 0 radical (unpaired) electrons. The lowest BCUT2D eigenvalue weighted by molar-refractivity contribution is -0.120. The number of benzene rings is 2. The maximum atomic E-state index is 12.5. The molecule has 0 bridgehead atoms. The van der Waals surface area contributed by atoms with E-state index in [-0.39, 0.29) is 49.4 Å². The molecule has 0 spiro atoms. The first kappa shape index (κ1) is 22.8. The number of aliphatic hydroxyl groups excluding tert-OH is 1. The molecule has 0 saturated carbocycles. The number of carbonyl (C=O) groups is 2. The Balaban J connectivity index is 1.56. The van der Waals surface area contributed by atoms with E-state index < -0.39 is 17.9 Å². The molecule has 0 fully saturated rings. The fourth-order valence-corrected chi connectivity index (χ4v) is 2.83. The van der Waals surface area contributed by atoms with Crippen molar-refractivity contribution in [1.29, 1.82) is 0 Å². The summed E-state index contributed by atoms with van der Waals surface area (Å²) in [6, 6.07) is 7.91. The second kappa shape index (κ2) is 10.4. The van der Waals surface area contributed by atoms with Gasteiger partial charge in [0.1, 0.15) is 18.5 Å². The van der Waals surface area contributed by atoms with Crippen molar-refractivity contribution in [3.8, 4) is 34.5 Å². The van der Waals surface area contributed by atoms with Crippen LogP contribution in [0.25, 0.3) is 0 Å². The molecule has 1 heterocycles. The molecule has 0 aromatic heterocycles. The van der Waals surface area contributed by atoms with Crippen LogP contribution in [0.3, 0.4) is 0 Å². The van der Waals surface area contributed by atoms with E-state index in [0.717, 1.165) is 0 Å². The average Bonchev–Trinajstić information content (AvgIpc) is 3.27. The number of carbonyl (C=O) groups excluding carboxylic acids is 2. The minimum absolute atomic E-state index is 0.0491. The second-order valence-electron chi connectivity index (χ2n) is 6.65. The number of aliphatic hydroxyl groups is 1. The van der Waals surface area contributed by atoms with Crippen molar-refractivity contribution in [2.75, 3.05) is 40.8 Å². The summed E-state index contributed by atoms with van der Waals surface area (Å²) in [5.74, 6) is 1.05. The molecule has 0 aliphatic carbocycles. The highest BCUT2D eigenvalue weighted by molar-refractivity contribution is 5.95. The van der Waals surface area contributed by atoms with Crippen LogP contribution in [0.1, 0.15) is 10.4 Å². The van der Waals surface area contributed by atoms with E-state index in [1.165, 1.54) is 26.4 Å². The van der Waals surface area contributed by atoms with Crippen LogP contribution < -0.4 is 39.5 Å². The van der Waals surface area contributed by atoms with E-state index in [4.69, 9.17) is 34.2 Å². The number of primary amides is 1. The predicted molar refractivity (Wildman–Crippen MR) is 111 cm³/mol. The molecule has 2 aromatic carbocycles. The molecule has 1 aliphatic rings. The third-order valence-corrected chi connectivity index (χ3v) is 4.37. The molecule has 2 aromatic rings. The van der Waals surface area contributed by atoms with Gasteiger partial charge in [-0.05, 0) is 24.3 Å². The summed E-state index contributed by atoms with van der Waals surface area (Å²) in [4.78, 5) is 23.5. The first-order valence-corrected chi connectivity index (χ1v) is 9.57. The van der Waals surface area contributed by atoms with Gasteiger partial charge in [0, 0.05) is 18.2 Å². The summed E-state index contributed by atoms with van der Waals surface area (Å²) >= 11 is 0. The lowest BCUT2D eigenvalue weighted by atomic mass is 10.1. The number of hydrogen-bond donors (Lipinski definition) is 3. The smallest absolute Gasteiger partial charge is 0.255 e. The van der Waals surface area contributed by atoms with Gasteiger partial charge in [0.15, 0.2) is 29.6 Å². The van der Waals surface area contributed by atoms with E-state index in [1.54, 1.807) is 18.2 Å². The number of nitrogens with one attached hydrogen (secondary N) is 1. The number of amides is 2. The maximum absolute atomic E-state index is 12.5. The highest BCUT2D eigenvalue weighted by Crippen LogP contribution is 2.38. The topological polar surface area (TPSA) is 148 Å². The first-order valence-electron chi connectivity index (χ1n) is 9.57. The van der Waals surface area contributed by atoms with Gasteiger partial charge >= 0.3 is 0 Å². The van der Waals surface area contributed by atoms with Crippen molar-refractivity contribution < 1.29 is 43.1 Å². The third kappa shape index (κ3) is 5.64. The largest absolute Gasteiger partial charge is 0.493 e. The molecule has 1 atom stereocenters. The van der Waals surface area contributed by atoms with Crippen molar-refractivity contribution in [2.24, 2.45) is 5.73 Å². The lowest BCUT2D eigenvalue weighted by Crippen LogP contribution is -2.35. The molecule has 32 heavy (non-hydrogen) atoms. The van der Waals surface area contributed by atoms with Gasteiger partial charge in [-0.15, -0.1) is 0 Å². The Morgan fingerprint density at radius 1 is 1.09 bits per heavy atom. The maximum Gasteiger partial charge on any atom is 0.255 e. The molecule has 172 valence electrons. The SMILES string of the molecule is COc1cc(C(=O)NCC(O)COc2ccc3c(c2)OCO3)cc(OC)c1OCC(N)=O. The van der Waals surface area contributed by atoms with E-state index >= 15 is 0 Å². The van der Waals surface area contributed by atoms with Crippen LogP contribution in [-0.2, 0) is 4.79 Å². The Morgan fingerprint density at radius 2 is 1.78 bits per heavy atom. The van der Waals surface area contributed by atoms with Crippen LogP contribution in [0.5, 0.6) is 34.5 Å². The monoisotopic (exact) mass is 448 g/mol. The second-order valence-corrected chi connectivity index (χ2v) is 6.65. The summed E-state index contributed by atoms with van der Waals surface area (Å²) < 4.78 is 31.8. The Labute approximate surface area is 183 Å². The van der Waals surface area contributed by atoms with Gasteiger partial charge in [-0.3, -0.25) is 9.59 Å². The highest BCUT2D eigenvalue weighted by Gasteiger charge is 2.19. The van der Waals surface area contributed by atoms with Gasteiger partial charge in [0.2, 0.25) is 12.5 Å². The summed E-state index contributed by atoms with van der Waals surface area (Å²) in [5, 5.41) is 12.8. The van der Waals surface area contributed by atoms with Crippen LogP contribution in [-0.4, -0.2) is 63.8 Å². The van der Waals surface area contributed by atoms with Gasteiger partial charge in [-0.1, -0.05) is 0 Å². The highest BCUT2D eigenvalue weighted by atomic mass is 16.7. The van der Waals surface area contributed by atoms with Gasteiger partial charge in [-0.25, -0.2) is 0 Å². The zero-order valence-corrected chi connectivity index (χ0v) is 17.6. The van der Waals surface area contributed by atoms with Crippen molar-refractivity contribution in [2.45, 2.75) is 6.10 Å². The standard InChI is InChI=1S/C21H24N2O9/c1-27-17-5-12(6-18(28-2)20(17)30-10-19(22)25)21(26)23-8-13(24)9-29-14-3-4-15-16(7-14)32-11-31-15/h3-7,13,24H,8-11H2,1-2H3,(H2,22,25)(H,23,26). The Morgan fingerprint density at radius 3 is 2.44 bits per heavy atom. The molecule has 1 aliphatic heterocycles. The van der Waals surface area contributed by atoms with Gasteiger partial charge in [-0.2, -0.15) is 0 Å². The molecule has 2 amide bonds. The number of nitrogens with two attached hydrogens (primary N) is 1. The summed E-state index contributed by atoms with van der Waals surface area (Å²) in [6.45, 7) is -0.338. The number of ether oxygens (including phenoxy) is 6. The van der Waals surface area contributed by atoms with Crippen molar-refractivity contribution in [3.63, 3.8) is 0 Å². The summed E-state index contributed by atoms with van der Waals surface area (Å²) in [5.41, 5.74) is 5.30. The quantitative estimate of drug-likeness (QED) is 0.446. The molecule has 0 saturated heterocycles. The molecule has 1 unspecified atom stereocenters. The van der Waals surface area contributed by atoms with Crippen molar-refractivity contribution in [3.05, 3.63) is 35.9 Å². The number of hydrogen-bond acceptors (Lipinski definition) is 9. The van der Waals surface area contributed by atoms with Crippen LogP contribution >= 0.6 is 0 Å². The number of rotatable bonds is 11. The molecule has 4 N–H and O–H groups in total. The normalized spacial score (nSPS) is 12.6. The molecular formula is C21H24N2O9. The van der Waals surface area contributed by atoms with Crippen molar-refractivity contribution in [1.82, 2.24) is 5.32 Å². The minimum Gasteiger partial charge on any atom is -0.493 e. The molecular weight excluding hydrogens is 424 g/mol. The first-order chi connectivity index (χ1) is 15.4. The van der Waals surface area contributed by atoms with Crippen LogP contribution in [0.15, 0.2) is 30.3 Å². The Hall–Kier alpha value is -3.86. The fraction of sp³-hybridized carbons (Fsp3) is 0.333. The summed E-state index contributed by atoms with van der Waals surface area (Å²) in [7, 11) is 2.76. The number of methoxy groups -OCH3 is 2. The predicted octanol–water partition coefficient (Wildman–Crippen LogP) is 0.466. The molecule has 11 heteroatoms. The van der Waals surface area contributed by atoms with Gasteiger partial charge < -0.3 is 44.6 Å². The van der Waals surface area contributed by atoms with Gasteiger partial charge in [0.25, 0.3) is 11.8 Å². The van der Waals surface area contributed by atoms with Crippen LogP contribution in [0, 0.1) is 0 Å². The Bertz CT molecular complexity index is 955. The summed E-state index contributed by atoms with van der Waals surface area (Å²) in [6.07, 6.45) is -0.966. The number of fused-ring (bicyclic) bond motifs is 1. The molecule has 3 rings (SSSR count). The van der Waals surface area contributed by atoms with Crippen molar-refractivity contribution >= 4 is 11.8 Å². The van der Waals surface area contributed by atoms with E-state index in [1.807, 2.05) is 0 Å². The fourth-order valence-electron chi connectivity index (χ4n) is 2.83. The van der Waals surface area contributed by atoms with Crippen LogP contribution in [0.2, 0.25) is 0 Å². The van der Waals surface area contributed by atoms with E-state index in [9.17, 15) is 14.7 Å². The zero-order chi connectivity index (χ0) is 23.1. The lowest BCUT2D eigenvalue weighted by Gasteiger charge is -2.16. The van der Waals surface area contributed by atoms with Gasteiger partial charge in [0.05, 0.1) is 14.2 Å². The van der Waals surface area contributed by atoms with Crippen LogP contribution in [0.4, 0.5) is 0 Å². The Kier molecular flexibility index (Phi) is 7.45. The van der Waals surface area contributed by atoms with E-state index in [0.29, 0.717) is 17.2 Å². The van der Waals surface area contributed by atoms with E-state index in [2.05, 4.69) is 5.32 Å². The molecule has 11 nitrogen and oxygen atoms in total. The average molecular weight is 448 g/mol. The zero-order valence-electron chi connectivity index (χ0n) is 17.6. The minimum atomic E-state index is -0.966. The third-order valence-electron chi connectivity index (χ3n) is 4.37.